The molecule has 0 saturated heterocycles. The standard InChI is InChI=1S/C27H30O/c1-3-20-6-13-26-19-25(15-14-24(26)18-20)23-11-7-21(8-12-23)4-5-22-9-16-27(28-2)17-10-22/h3,7-12,16-17,20,24-26H,1,6,13-15,18-19H2,2H3. The molecule has 2 fully saturated rings. The van der Waals surface area contributed by atoms with Gasteiger partial charge in [0.15, 0.2) is 0 Å². The molecular formula is C27H30O. The summed E-state index contributed by atoms with van der Waals surface area (Å²) in [5.74, 6) is 10.7. The highest BCUT2D eigenvalue weighted by Gasteiger charge is 2.35. The molecule has 4 rings (SSSR count). The monoisotopic (exact) mass is 370 g/mol. The van der Waals surface area contributed by atoms with Gasteiger partial charge in [0, 0.05) is 11.1 Å². The van der Waals surface area contributed by atoms with Crippen LogP contribution in [-0.2, 0) is 0 Å². The van der Waals surface area contributed by atoms with Crippen LogP contribution in [0, 0.1) is 29.6 Å². The normalized spacial score (nSPS) is 26.5. The molecule has 2 aliphatic carbocycles. The van der Waals surface area contributed by atoms with Crippen molar-refractivity contribution in [3.05, 3.63) is 77.9 Å². The van der Waals surface area contributed by atoms with Crippen LogP contribution in [0.3, 0.4) is 0 Å². The smallest absolute Gasteiger partial charge is 0.118 e. The molecule has 2 aliphatic rings. The van der Waals surface area contributed by atoms with Crippen molar-refractivity contribution >= 4 is 0 Å². The Hall–Kier alpha value is -2.46. The van der Waals surface area contributed by atoms with Crippen molar-refractivity contribution in [2.45, 2.75) is 44.4 Å². The van der Waals surface area contributed by atoms with Crippen molar-refractivity contribution in [3.63, 3.8) is 0 Å². The molecule has 0 N–H and O–H groups in total. The third kappa shape index (κ3) is 4.33. The number of fused-ring (bicyclic) bond motifs is 1. The molecule has 0 heterocycles. The van der Waals surface area contributed by atoms with E-state index in [1.54, 1.807) is 7.11 Å². The molecule has 28 heavy (non-hydrogen) atoms. The van der Waals surface area contributed by atoms with Gasteiger partial charge in [-0.05, 0) is 104 Å². The minimum Gasteiger partial charge on any atom is -0.497 e. The van der Waals surface area contributed by atoms with Crippen LogP contribution in [0.4, 0.5) is 0 Å². The Morgan fingerprint density at radius 3 is 2.07 bits per heavy atom. The predicted octanol–water partition coefficient (Wildman–Crippen LogP) is 6.58. The Balaban J connectivity index is 1.38. The van der Waals surface area contributed by atoms with E-state index in [2.05, 4.69) is 48.8 Å². The van der Waals surface area contributed by atoms with Gasteiger partial charge < -0.3 is 4.74 Å². The van der Waals surface area contributed by atoms with E-state index in [0.29, 0.717) is 0 Å². The van der Waals surface area contributed by atoms with Crippen LogP contribution in [0.1, 0.15) is 61.1 Å². The van der Waals surface area contributed by atoms with E-state index in [9.17, 15) is 0 Å². The Morgan fingerprint density at radius 2 is 1.43 bits per heavy atom. The minimum atomic E-state index is 0.727. The average Bonchev–Trinajstić information content (AvgIpc) is 2.77. The summed E-state index contributed by atoms with van der Waals surface area (Å²) in [6.07, 6.45) is 10.4. The second-order valence-corrected chi connectivity index (χ2v) is 8.44. The van der Waals surface area contributed by atoms with Crippen molar-refractivity contribution in [3.8, 4) is 17.6 Å². The summed E-state index contributed by atoms with van der Waals surface area (Å²) < 4.78 is 5.19. The van der Waals surface area contributed by atoms with Crippen LogP contribution in [-0.4, -0.2) is 7.11 Å². The second-order valence-electron chi connectivity index (χ2n) is 8.44. The molecule has 2 aromatic carbocycles. The van der Waals surface area contributed by atoms with Gasteiger partial charge in [-0.25, -0.2) is 0 Å². The van der Waals surface area contributed by atoms with Gasteiger partial charge in [-0.2, -0.15) is 0 Å². The van der Waals surface area contributed by atoms with Crippen molar-refractivity contribution < 1.29 is 4.74 Å². The molecule has 0 amide bonds. The Bertz CT molecular complexity index is 850. The molecule has 2 aromatic rings. The van der Waals surface area contributed by atoms with E-state index in [-0.39, 0.29) is 0 Å². The lowest BCUT2D eigenvalue weighted by Crippen LogP contribution is -2.29. The minimum absolute atomic E-state index is 0.727. The Morgan fingerprint density at radius 1 is 0.821 bits per heavy atom. The highest BCUT2D eigenvalue weighted by molar-refractivity contribution is 5.45. The summed E-state index contributed by atoms with van der Waals surface area (Å²) in [5, 5.41) is 0. The maximum Gasteiger partial charge on any atom is 0.118 e. The zero-order valence-electron chi connectivity index (χ0n) is 16.9. The lowest BCUT2D eigenvalue weighted by molar-refractivity contribution is 0.133. The summed E-state index contributed by atoms with van der Waals surface area (Å²) in [7, 11) is 1.68. The number of methoxy groups -OCH3 is 1. The van der Waals surface area contributed by atoms with E-state index in [4.69, 9.17) is 4.74 Å². The average molecular weight is 371 g/mol. The fraction of sp³-hybridized carbons (Fsp3) is 0.407. The van der Waals surface area contributed by atoms with E-state index in [1.165, 1.54) is 44.1 Å². The summed E-state index contributed by atoms with van der Waals surface area (Å²) in [5.41, 5.74) is 3.59. The third-order valence-corrected chi connectivity index (χ3v) is 6.81. The fourth-order valence-corrected chi connectivity index (χ4v) is 5.10. The first-order valence-electron chi connectivity index (χ1n) is 10.6. The van der Waals surface area contributed by atoms with Crippen LogP contribution >= 0.6 is 0 Å². The molecule has 144 valence electrons. The van der Waals surface area contributed by atoms with Gasteiger partial charge in [-0.15, -0.1) is 6.58 Å². The molecule has 4 atom stereocenters. The van der Waals surface area contributed by atoms with Crippen molar-refractivity contribution in [1.29, 1.82) is 0 Å². The largest absolute Gasteiger partial charge is 0.497 e. The summed E-state index contributed by atoms with van der Waals surface area (Å²) >= 11 is 0. The van der Waals surface area contributed by atoms with Gasteiger partial charge in [0.25, 0.3) is 0 Å². The molecule has 0 spiro atoms. The number of rotatable bonds is 3. The summed E-state index contributed by atoms with van der Waals surface area (Å²) in [6, 6.07) is 16.9. The molecule has 2 saturated carbocycles. The highest BCUT2D eigenvalue weighted by atomic mass is 16.5. The molecule has 1 heteroatoms. The lowest BCUT2D eigenvalue weighted by atomic mass is 9.64. The number of hydrogen-bond donors (Lipinski definition) is 0. The topological polar surface area (TPSA) is 9.23 Å². The molecule has 0 aromatic heterocycles. The lowest BCUT2D eigenvalue weighted by Gasteiger charge is -2.41. The first kappa shape index (κ1) is 18.9. The van der Waals surface area contributed by atoms with Crippen molar-refractivity contribution in [1.82, 2.24) is 0 Å². The van der Waals surface area contributed by atoms with Gasteiger partial charge >= 0.3 is 0 Å². The predicted molar refractivity (Wildman–Crippen MR) is 117 cm³/mol. The van der Waals surface area contributed by atoms with Crippen molar-refractivity contribution in [2.75, 3.05) is 7.11 Å². The Labute approximate surface area is 169 Å². The van der Waals surface area contributed by atoms with Crippen LogP contribution in [0.25, 0.3) is 0 Å². The number of benzene rings is 2. The van der Waals surface area contributed by atoms with E-state index >= 15 is 0 Å². The molecule has 0 radical (unpaired) electrons. The molecule has 4 unspecified atom stereocenters. The summed E-state index contributed by atoms with van der Waals surface area (Å²) in [4.78, 5) is 0. The van der Waals surface area contributed by atoms with Crippen LogP contribution in [0.5, 0.6) is 5.75 Å². The molecule has 1 nitrogen and oxygen atoms in total. The molecule has 0 aliphatic heterocycles. The molecule has 0 bridgehead atoms. The summed E-state index contributed by atoms with van der Waals surface area (Å²) in [6.45, 7) is 4.02. The zero-order valence-corrected chi connectivity index (χ0v) is 16.9. The van der Waals surface area contributed by atoms with Gasteiger partial charge in [-0.1, -0.05) is 30.0 Å². The number of hydrogen-bond acceptors (Lipinski definition) is 1. The van der Waals surface area contributed by atoms with E-state index in [1.807, 2.05) is 24.3 Å². The first-order valence-corrected chi connectivity index (χ1v) is 10.6. The second kappa shape index (κ2) is 8.70. The number of allylic oxidation sites excluding steroid dienone is 1. The Kier molecular flexibility index (Phi) is 5.87. The van der Waals surface area contributed by atoms with E-state index in [0.717, 1.165) is 40.5 Å². The van der Waals surface area contributed by atoms with Crippen molar-refractivity contribution in [2.24, 2.45) is 17.8 Å². The third-order valence-electron chi connectivity index (χ3n) is 6.81. The van der Waals surface area contributed by atoms with Crippen LogP contribution < -0.4 is 4.74 Å². The van der Waals surface area contributed by atoms with Gasteiger partial charge in [0.05, 0.1) is 7.11 Å². The maximum absolute atomic E-state index is 5.19. The first-order chi connectivity index (χ1) is 13.7. The fourth-order valence-electron chi connectivity index (χ4n) is 5.10. The maximum atomic E-state index is 5.19. The number of ether oxygens (including phenoxy) is 1. The van der Waals surface area contributed by atoms with Gasteiger partial charge in [0.2, 0.25) is 0 Å². The van der Waals surface area contributed by atoms with Gasteiger partial charge in [-0.3, -0.25) is 0 Å². The van der Waals surface area contributed by atoms with Crippen LogP contribution in [0.15, 0.2) is 61.2 Å². The SMILES string of the molecule is C=CC1CCC2CC(c3ccc(C#Cc4ccc(OC)cc4)cc3)CCC2C1. The van der Waals surface area contributed by atoms with E-state index < -0.39 is 0 Å². The highest BCUT2D eigenvalue weighted by Crippen LogP contribution is 2.47. The quantitative estimate of drug-likeness (QED) is 0.438. The molecular weight excluding hydrogens is 340 g/mol. The zero-order chi connectivity index (χ0) is 19.3. The van der Waals surface area contributed by atoms with Crippen LogP contribution in [0.2, 0.25) is 0 Å². The van der Waals surface area contributed by atoms with Gasteiger partial charge in [0.1, 0.15) is 5.75 Å².